The summed E-state index contributed by atoms with van der Waals surface area (Å²) in [5.74, 6) is 0.247. The number of H-pyrrole nitrogens is 1. The van der Waals surface area contributed by atoms with Gasteiger partial charge in [-0.15, -0.1) is 0 Å². The van der Waals surface area contributed by atoms with E-state index in [9.17, 15) is 14.7 Å². The second-order valence-corrected chi connectivity index (χ2v) is 8.28. The summed E-state index contributed by atoms with van der Waals surface area (Å²) in [5.41, 5.74) is 4.03. The normalized spacial score (nSPS) is 14.0. The van der Waals surface area contributed by atoms with Gasteiger partial charge in [-0.25, -0.2) is 4.79 Å². The van der Waals surface area contributed by atoms with Gasteiger partial charge in [-0.1, -0.05) is 30.3 Å². The Hall–Kier alpha value is -3.81. The van der Waals surface area contributed by atoms with Gasteiger partial charge in [-0.05, 0) is 29.7 Å². The number of amides is 2. The van der Waals surface area contributed by atoms with E-state index < -0.39 is 11.7 Å². The van der Waals surface area contributed by atoms with E-state index in [0.717, 1.165) is 27.8 Å². The number of nitrogens with zero attached hydrogens (tertiary/aromatic N) is 2. The molecule has 2 amide bonds. The number of aromatic amines is 1. The van der Waals surface area contributed by atoms with Crippen molar-refractivity contribution in [1.82, 2.24) is 15.1 Å². The standard InChI is InChI=1S/C24H26N4O4/c1-15-6-4-5-7-16(15)12-19-18(17-13-25-26-14-17)8-9-20(27-23(30)31)21(19)32-24(10-11-24)22(29)28(2)3/h4-9,13-14,27H,10-12H2,1-3H3,(H,25,26)(H,30,31). The lowest BCUT2D eigenvalue weighted by Gasteiger charge is -2.26. The highest BCUT2D eigenvalue weighted by Gasteiger charge is 2.54. The lowest BCUT2D eigenvalue weighted by molar-refractivity contribution is -0.138. The summed E-state index contributed by atoms with van der Waals surface area (Å²) >= 11 is 0. The Kier molecular flexibility index (Phi) is 5.61. The van der Waals surface area contributed by atoms with Crippen molar-refractivity contribution < 1.29 is 19.4 Å². The largest absolute Gasteiger partial charge is 0.475 e. The number of anilines is 1. The van der Waals surface area contributed by atoms with Crippen LogP contribution in [0.4, 0.5) is 10.5 Å². The van der Waals surface area contributed by atoms with Crippen LogP contribution in [0.2, 0.25) is 0 Å². The number of rotatable bonds is 7. The number of nitrogens with one attached hydrogen (secondary N) is 2. The zero-order valence-electron chi connectivity index (χ0n) is 18.3. The number of hydrogen-bond acceptors (Lipinski definition) is 4. The van der Waals surface area contributed by atoms with Crippen LogP contribution < -0.4 is 10.1 Å². The topological polar surface area (TPSA) is 108 Å². The molecule has 0 atom stereocenters. The van der Waals surface area contributed by atoms with Crippen molar-refractivity contribution in [2.45, 2.75) is 31.8 Å². The van der Waals surface area contributed by atoms with Gasteiger partial charge in [-0.3, -0.25) is 15.2 Å². The van der Waals surface area contributed by atoms with E-state index >= 15 is 0 Å². The van der Waals surface area contributed by atoms with Gasteiger partial charge >= 0.3 is 6.09 Å². The van der Waals surface area contributed by atoms with Crippen LogP contribution >= 0.6 is 0 Å². The Morgan fingerprint density at radius 3 is 2.56 bits per heavy atom. The van der Waals surface area contributed by atoms with Crippen LogP contribution in [0.3, 0.4) is 0 Å². The average molecular weight is 434 g/mol. The fourth-order valence-corrected chi connectivity index (χ4v) is 3.88. The molecule has 0 saturated heterocycles. The molecule has 0 bridgehead atoms. The number of aryl methyl sites for hydroxylation is 1. The first-order valence-electron chi connectivity index (χ1n) is 10.4. The second-order valence-electron chi connectivity index (χ2n) is 8.28. The maximum Gasteiger partial charge on any atom is 0.409 e. The summed E-state index contributed by atoms with van der Waals surface area (Å²) in [6.07, 6.45) is 3.96. The fraction of sp³-hybridized carbons (Fsp3) is 0.292. The van der Waals surface area contributed by atoms with Crippen molar-refractivity contribution in [2.24, 2.45) is 0 Å². The predicted molar refractivity (Wildman–Crippen MR) is 121 cm³/mol. The second kappa shape index (κ2) is 8.37. The van der Waals surface area contributed by atoms with E-state index in [1.807, 2.05) is 37.3 Å². The summed E-state index contributed by atoms with van der Waals surface area (Å²) in [7, 11) is 3.39. The molecule has 0 unspecified atom stereocenters. The van der Waals surface area contributed by atoms with Crippen molar-refractivity contribution in [3.8, 4) is 16.9 Å². The first-order chi connectivity index (χ1) is 15.3. The van der Waals surface area contributed by atoms with Crippen LogP contribution in [-0.2, 0) is 11.2 Å². The molecule has 2 aromatic carbocycles. The minimum atomic E-state index is -1.20. The van der Waals surface area contributed by atoms with Crippen LogP contribution in [0.5, 0.6) is 5.75 Å². The summed E-state index contributed by atoms with van der Waals surface area (Å²) in [6, 6.07) is 11.5. The highest BCUT2D eigenvalue weighted by molar-refractivity contribution is 5.91. The van der Waals surface area contributed by atoms with Gasteiger partial charge < -0.3 is 14.7 Å². The monoisotopic (exact) mass is 434 g/mol. The summed E-state index contributed by atoms with van der Waals surface area (Å²) in [4.78, 5) is 25.9. The quantitative estimate of drug-likeness (QED) is 0.520. The molecule has 0 radical (unpaired) electrons. The molecule has 0 spiro atoms. The minimum absolute atomic E-state index is 0.130. The van der Waals surface area contributed by atoms with E-state index in [4.69, 9.17) is 4.74 Å². The number of likely N-dealkylation sites (N-methyl/N-ethyl adjacent to an activating group) is 1. The van der Waals surface area contributed by atoms with Gasteiger partial charge in [0.2, 0.25) is 0 Å². The van der Waals surface area contributed by atoms with Crippen LogP contribution in [0.15, 0.2) is 48.8 Å². The van der Waals surface area contributed by atoms with Gasteiger partial charge in [0.15, 0.2) is 5.60 Å². The van der Waals surface area contributed by atoms with E-state index in [0.29, 0.717) is 30.7 Å². The molecule has 1 aliphatic carbocycles. The molecule has 166 valence electrons. The van der Waals surface area contributed by atoms with Gasteiger partial charge in [0.1, 0.15) is 5.75 Å². The number of benzene rings is 2. The van der Waals surface area contributed by atoms with Crippen molar-refractivity contribution in [1.29, 1.82) is 0 Å². The summed E-state index contributed by atoms with van der Waals surface area (Å²) in [5, 5.41) is 18.8. The molecule has 0 aliphatic heterocycles. The van der Waals surface area contributed by atoms with Gasteiger partial charge in [-0.2, -0.15) is 5.10 Å². The highest BCUT2D eigenvalue weighted by Crippen LogP contribution is 2.47. The van der Waals surface area contributed by atoms with Gasteiger partial charge in [0.05, 0.1) is 11.9 Å². The first kappa shape index (κ1) is 21.4. The molecule has 1 fully saturated rings. The third-order valence-electron chi connectivity index (χ3n) is 5.74. The first-order valence-corrected chi connectivity index (χ1v) is 10.4. The molecule has 4 rings (SSSR count). The molecule has 1 heterocycles. The molecule has 1 aliphatic rings. The van der Waals surface area contributed by atoms with Crippen LogP contribution in [0.1, 0.15) is 29.5 Å². The molecule has 1 aromatic heterocycles. The van der Waals surface area contributed by atoms with Crippen LogP contribution in [0.25, 0.3) is 11.1 Å². The number of hydrogen-bond donors (Lipinski definition) is 3. The zero-order valence-corrected chi connectivity index (χ0v) is 18.3. The SMILES string of the molecule is Cc1ccccc1Cc1c(-c2cn[nH]c2)ccc(NC(=O)O)c1OC1(C(=O)N(C)C)CC1. The fourth-order valence-electron chi connectivity index (χ4n) is 3.88. The molecule has 3 N–H and O–H groups in total. The van der Waals surface area contributed by atoms with Crippen molar-refractivity contribution in [3.63, 3.8) is 0 Å². The maximum absolute atomic E-state index is 12.9. The smallest absolute Gasteiger partial charge is 0.409 e. The number of carbonyl (C=O) groups excluding carboxylic acids is 1. The van der Waals surface area contributed by atoms with Crippen LogP contribution in [0, 0.1) is 6.92 Å². The third kappa shape index (κ3) is 4.16. The molecule has 8 heteroatoms. The number of aromatic nitrogens is 2. The Bertz CT molecular complexity index is 1150. The molecule has 1 saturated carbocycles. The summed E-state index contributed by atoms with van der Waals surface area (Å²) in [6.45, 7) is 2.03. The lowest BCUT2D eigenvalue weighted by atomic mass is 9.93. The van der Waals surface area contributed by atoms with Gasteiger partial charge in [0.25, 0.3) is 5.91 Å². The molecule has 3 aromatic rings. The molecule has 32 heavy (non-hydrogen) atoms. The number of carboxylic acid groups (broad SMARTS) is 1. The minimum Gasteiger partial charge on any atom is -0.475 e. The van der Waals surface area contributed by atoms with Crippen molar-refractivity contribution in [2.75, 3.05) is 19.4 Å². The zero-order chi connectivity index (χ0) is 22.9. The Balaban J connectivity index is 1.89. The molecular weight excluding hydrogens is 408 g/mol. The Morgan fingerprint density at radius 2 is 1.97 bits per heavy atom. The summed E-state index contributed by atoms with van der Waals surface area (Å²) < 4.78 is 6.40. The average Bonchev–Trinajstić information content (AvgIpc) is 3.32. The maximum atomic E-state index is 12.9. The predicted octanol–water partition coefficient (Wildman–Crippen LogP) is 4.07. The number of carbonyl (C=O) groups is 2. The Morgan fingerprint density at radius 1 is 1.22 bits per heavy atom. The Labute approximate surface area is 186 Å². The van der Waals surface area contributed by atoms with Crippen LogP contribution in [-0.4, -0.2) is 51.9 Å². The lowest BCUT2D eigenvalue weighted by Crippen LogP contribution is -2.40. The van der Waals surface area contributed by atoms with Crippen molar-refractivity contribution in [3.05, 3.63) is 65.5 Å². The van der Waals surface area contributed by atoms with E-state index in [-0.39, 0.29) is 5.91 Å². The number of ether oxygens (including phenoxy) is 1. The van der Waals surface area contributed by atoms with E-state index in [2.05, 4.69) is 15.5 Å². The highest BCUT2D eigenvalue weighted by atomic mass is 16.5. The van der Waals surface area contributed by atoms with Crippen molar-refractivity contribution >= 4 is 17.7 Å². The van der Waals surface area contributed by atoms with E-state index in [1.54, 1.807) is 32.6 Å². The molecule has 8 nitrogen and oxygen atoms in total. The van der Waals surface area contributed by atoms with E-state index in [1.165, 1.54) is 4.90 Å². The van der Waals surface area contributed by atoms with Gasteiger partial charge in [0, 0.05) is 50.7 Å². The third-order valence-corrected chi connectivity index (χ3v) is 5.74. The molecular formula is C24H26N4O4.